The summed E-state index contributed by atoms with van der Waals surface area (Å²) in [7, 11) is 1.44. The molecule has 2 rings (SSSR count). The molecule has 0 aromatic rings. The Morgan fingerprint density at radius 2 is 1.77 bits per heavy atom. The third kappa shape index (κ3) is 4.22. The SMILES string of the molecule is COC(=O)C1CCN([C@H](C)C(=O)N[C@H]2CCCC[C@@H]2C)CC1. The van der Waals surface area contributed by atoms with E-state index in [0.29, 0.717) is 12.0 Å². The summed E-state index contributed by atoms with van der Waals surface area (Å²) in [6, 6.07) is 0.212. The quantitative estimate of drug-likeness (QED) is 0.806. The lowest BCUT2D eigenvalue weighted by Gasteiger charge is -2.36. The van der Waals surface area contributed by atoms with Gasteiger partial charge in [0.05, 0.1) is 19.1 Å². The van der Waals surface area contributed by atoms with Crippen molar-refractivity contribution in [3.05, 3.63) is 0 Å². The standard InChI is InChI=1S/C17H30N2O3/c1-12-6-4-5-7-15(12)18-16(20)13(2)19-10-8-14(9-11-19)17(21)22-3/h12-15H,4-11H2,1-3H3,(H,18,20)/t12-,13+,15-/m0/s1. The molecule has 22 heavy (non-hydrogen) atoms. The Balaban J connectivity index is 1.80. The second-order valence-corrected chi connectivity index (χ2v) is 6.89. The number of ether oxygens (including phenoxy) is 1. The number of carbonyl (C=O) groups is 2. The van der Waals surface area contributed by atoms with Crippen LogP contribution in [0.15, 0.2) is 0 Å². The highest BCUT2D eigenvalue weighted by molar-refractivity contribution is 5.81. The summed E-state index contributed by atoms with van der Waals surface area (Å²) in [5, 5.41) is 3.24. The van der Waals surface area contributed by atoms with Crippen molar-refractivity contribution in [1.82, 2.24) is 10.2 Å². The molecule has 0 radical (unpaired) electrons. The first-order valence-corrected chi connectivity index (χ1v) is 8.65. The van der Waals surface area contributed by atoms with Gasteiger partial charge in [-0.05, 0) is 51.6 Å². The molecule has 0 aromatic carbocycles. The smallest absolute Gasteiger partial charge is 0.308 e. The summed E-state index contributed by atoms with van der Waals surface area (Å²) in [5.74, 6) is 0.591. The lowest BCUT2D eigenvalue weighted by Crippen LogP contribution is -2.52. The van der Waals surface area contributed by atoms with E-state index in [1.54, 1.807) is 0 Å². The molecule has 0 spiro atoms. The Labute approximate surface area is 133 Å². The number of hydrogen-bond acceptors (Lipinski definition) is 4. The molecule has 3 atom stereocenters. The summed E-state index contributed by atoms with van der Waals surface area (Å²) in [6.07, 6.45) is 6.38. The van der Waals surface area contributed by atoms with Crippen LogP contribution >= 0.6 is 0 Å². The number of esters is 1. The van der Waals surface area contributed by atoms with E-state index in [2.05, 4.69) is 17.1 Å². The van der Waals surface area contributed by atoms with Gasteiger partial charge in [-0.2, -0.15) is 0 Å². The summed E-state index contributed by atoms with van der Waals surface area (Å²) in [5.41, 5.74) is 0. The van der Waals surface area contributed by atoms with Gasteiger partial charge in [0.25, 0.3) is 0 Å². The molecule has 0 unspecified atom stereocenters. The molecule has 5 nitrogen and oxygen atoms in total. The lowest BCUT2D eigenvalue weighted by atomic mass is 9.86. The zero-order valence-corrected chi connectivity index (χ0v) is 14.1. The molecule has 2 aliphatic rings. The molecule has 1 amide bonds. The monoisotopic (exact) mass is 310 g/mol. The fourth-order valence-electron chi connectivity index (χ4n) is 3.69. The first kappa shape index (κ1) is 17.3. The van der Waals surface area contributed by atoms with Gasteiger partial charge in [-0.25, -0.2) is 0 Å². The third-order valence-corrected chi connectivity index (χ3v) is 5.43. The molecule has 1 saturated carbocycles. The van der Waals surface area contributed by atoms with Gasteiger partial charge in [0.2, 0.25) is 5.91 Å². The molecule has 0 aromatic heterocycles. The normalized spacial score (nSPS) is 28.9. The van der Waals surface area contributed by atoms with Crippen LogP contribution < -0.4 is 5.32 Å². The predicted octanol–water partition coefficient (Wildman–Crippen LogP) is 1.95. The lowest BCUT2D eigenvalue weighted by molar-refractivity contribution is -0.147. The molecule has 5 heteroatoms. The van der Waals surface area contributed by atoms with Crippen molar-refractivity contribution in [2.75, 3.05) is 20.2 Å². The van der Waals surface area contributed by atoms with Crippen molar-refractivity contribution in [1.29, 1.82) is 0 Å². The second kappa shape index (κ2) is 7.95. The number of piperidine rings is 1. The number of nitrogens with one attached hydrogen (secondary N) is 1. The molecule has 126 valence electrons. The van der Waals surface area contributed by atoms with Crippen LogP contribution in [0.3, 0.4) is 0 Å². The molecule has 1 saturated heterocycles. The summed E-state index contributed by atoms with van der Waals surface area (Å²) in [4.78, 5) is 26.2. The zero-order chi connectivity index (χ0) is 16.1. The molecule has 1 aliphatic carbocycles. The average Bonchev–Trinajstić information content (AvgIpc) is 2.55. The number of amides is 1. The number of methoxy groups -OCH3 is 1. The van der Waals surface area contributed by atoms with Crippen molar-refractivity contribution in [3.63, 3.8) is 0 Å². The van der Waals surface area contributed by atoms with Crippen LogP contribution in [0.5, 0.6) is 0 Å². The highest BCUT2D eigenvalue weighted by atomic mass is 16.5. The Morgan fingerprint density at radius 3 is 2.36 bits per heavy atom. The number of hydrogen-bond donors (Lipinski definition) is 1. The van der Waals surface area contributed by atoms with Crippen molar-refractivity contribution in [3.8, 4) is 0 Å². The van der Waals surface area contributed by atoms with Gasteiger partial charge in [-0.1, -0.05) is 19.8 Å². The fourth-order valence-corrected chi connectivity index (χ4v) is 3.69. The highest BCUT2D eigenvalue weighted by Crippen LogP contribution is 2.24. The van der Waals surface area contributed by atoms with Gasteiger partial charge in [0.15, 0.2) is 0 Å². The number of likely N-dealkylation sites (tertiary alicyclic amines) is 1. The van der Waals surface area contributed by atoms with Gasteiger partial charge < -0.3 is 10.1 Å². The van der Waals surface area contributed by atoms with E-state index in [1.807, 2.05) is 6.92 Å². The summed E-state index contributed by atoms with van der Waals surface area (Å²) >= 11 is 0. The molecule has 1 heterocycles. The van der Waals surface area contributed by atoms with Gasteiger partial charge >= 0.3 is 5.97 Å². The third-order valence-electron chi connectivity index (χ3n) is 5.43. The Kier molecular flexibility index (Phi) is 6.24. The Morgan fingerprint density at radius 1 is 1.14 bits per heavy atom. The zero-order valence-electron chi connectivity index (χ0n) is 14.1. The maximum atomic E-state index is 12.5. The van der Waals surface area contributed by atoms with E-state index >= 15 is 0 Å². The first-order chi connectivity index (χ1) is 10.5. The fraction of sp³-hybridized carbons (Fsp3) is 0.882. The van der Waals surface area contributed by atoms with Crippen molar-refractivity contribution >= 4 is 11.9 Å². The molecule has 1 N–H and O–H groups in total. The second-order valence-electron chi connectivity index (χ2n) is 6.89. The van der Waals surface area contributed by atoms with Crippen LogP contribution in [-0.4, -0.2) is 49.1 Å². The van der Waals surface area contributed by atoms with Gasteiger partial charge in [0, 0.05) is 6.04 Å². The van der Waals surface area contributed by atoms with E-state index in [-0.39, 0.29) is 23.8 Å². The van der Waals surface area contributed by atoms with E-state index < -0.39 is 0 Å². The van der Waals surface area contributed by atoms with E-state index in [9.17, 15) is 9.59 Å². The number of rotatable bonds is 4. The Bertz CT molecular complexity index is 391. The van der Waals surface area contributed by atoms with Crippen molar-refractivity contribution < 1.29 is 14.3 Å². The Hall–Kier alpha value is -1.10. The molecular formula is C17H30N2O3. The van der Waals surface area contributed by atoms with E-state index in [1.165, 1.54) is 26.4 Å². The minimum atomic E-state index is -0.118. The highest BCUT2D eigenvalue weighted by Gasteiger charge is 2.31. The van der Waals surface area contributed by atoms with Crippen molar-refractivity contribution in [2.45, 2.75) is 64.5 Å². The van der Waals surface area contributed by atoms with Gasteiger partial charge in [0.1, 0.15) is 0 Å². The van der Waals surface area contributed by atoms with Crippen LogP contribution in [0.2, 0.25) is 0 Å². The number of nitrogens with zero attached hydrogens (tertiary/aromatic N) is 1. The van der Waals surface area contributed by atoms with Crippen molar-refractivity contribution in [2.24, 2.45) is 11.8 Å². The molecule has 2 fully saturated rings. The van der Waals surface area contributed by atoms with E-state index in [0.717, 1.165) is 32.4 Å². The maximum Gasteiger partial charge on any atom is 0.308 e. The van der Waals surface area contributed by atoms with E-state index in [4.69, 9.17) is 4.74 Å². The van der Waals surface area contributed by atoms with Crippen LogP contribution in [-0.2, 0) is 14.3 Å². The molecule has 1 aliphatic heterocycles. The molecular weight excluding hydrogens is 280 g/mol. The minimum absolute atomic E-state index is 0.00474. The predicted molar refractivity (Wildman–Crippen MR) is 85.3 cm³/mol. The average molecular weight is 310 g/mol. The topological polar surface area (TPSA) is 58.6 Å². The maximum absolute atomic E-state index is 12.5. The first-order valence-electron chi connectivity index (χ1n) is 8.65. The molecule has 0 bridgehead atoms. The van der Waals surface area contributed by atoms with Crippen LogP contribution in [0.25, 0.3) is 0 Å². The largest absolute Gasteiger partial charge is 0.469 e. The van der Waals surface area contributed by atoms with Crippen LogP contribution in [0.4, 0.5) is 0 Å². The van der Waals surface area contributed by atoms with Gasteiger partial charge in [-0.3, -0.25) is 14.5 Å². The summed E-state index contributed by atoms with van der Waals surface area (Å²) < 4.78 is 4.81. The van der Waals surface area contributed by atoms with Gasteiger partial charge in [-0.15, -0.1) is 0 Å². The number of carbonyl (C=O) groups excluding carboxylic acids is 2. The minimum Gasteiger partial charge on any atom is -0.469 e. The van der Waals surface area contributed by atoms with Crippen LogP contribution in [0.1, 0.15) is 52.4 Å². The summed E-state index contributed by atoms with van der Waals surface area (Å²) in [6.45, 7) is 5.78. The van der Waals surface area contributed by atoms with Crippen LogP contribution in [0, 0.1) is 11.8 Å².